The number of nitrogens with zero attached hydrogens (tertiary/aromatic N) is 5. The molecule has 1 aromatic carbocycles. The number of piperidine rings is 1. The zero-order chi connectivity index (χ0) is 35.3. The summed E-state index contributed by atoms with van der Waals surface area (Å²) in [5.74, 6) is 0.0444. The molecule has 0 radical (unpaired) electrons. The number of nitrogens with one attached hydrogen (secondary N) is 2. The Bertz CT molecular complexity index is 1370. The summed E-state index contributed by atoms with van der Waals surface area (Å²) in [7, 11) is 3.59. The highest BCUT2D eigenvalue weighted by Crippen LogP contribution is 2.30. The van der Waals surface area contributed by atoms with Crippen molar-refractivity contribution in [3.63, 3.8) is 0 Å². The number of hydrogen-bond donors (Lipinski definition) is 4. The largest absolute Gasteiger partial charge is 0.465 e. The number of anilines is 2. The van der Waals surface area contributed by atoms with Gasteiger partial charge in [-0.2, -0.15) is 0 Å². The SMILES string of the molecule is CC(=O)Nc1nc(CCc2ccc(NC(N(C(=O)O)C(C)(C)C)N(C(=O)O)C(C)(C)C)cc2)c(CN2CCC(C(=O)N(C)C)CC2)s1. The monoisotopic (exact) mass is 673 g/mol. The Morgan fingerprint density at radius 3 is 1.91 bits per heavy atom. The van der Waals surface area contributed by atoms with Crippen molar-refractivity contribution in [2.45, 2.75) is 98.1 Å². The summed E-state index contributed by atoms with van der Waals surface area (Å²) < 4.78 is 0. The molecule has 2 aromatic rings. The van der Waals surface area contributed by atoms with Gasteiger partial charge in [0.25, 0.3) is 0 Å². The summed E-state index contributed by atoms with van der Waals surface area (Å²) in [6, 6.07) is 7.49. The maximum Gasteiger partial charge on any atom is 0.410 e. The second-order valence-corrected chi connectivity index (χ2v) is 15.3. The Morgan fingerprint density at radius 1 is 0.936 bits per heavy atom. The van der Waals surface area contributed by atoms with E-state index in [-0.39, 0.29) is 17.7 Å². The lowest BCUT2D eigenvalue weighted by Gasteiger charge is -2.48. The number of rotatable bonds is 11. The molecule has 4 N–H and O–H groups in total. The van der Waals surface area contributed by atoms with E-state index in [1.165, 1.54) is 18.3 Å². The van der Waals surface area contributed by atoms with Gasteiger partial charge in [-0.25, -0.2) is 14.6 Å². The van der Waals surface area contributed by atoms with Gasteiger partial charge in [-0.3, -0.25) is 24.3 Å². The molecule has 0 spiro atoms. The molecule has 0 bridgehead atoms. The predicted molar refractivity (Wildman–Crippen MR) is 184 cm³/mol. The van der Waals surface area contributed by atoms with E-state index in [9.17, 15) is 29.4 Å². The number of carboxylic acid groups (broad SMARTS) is 2. The smallest absolute Gasteiger partial charge is 0.410 e. The first-order chi connectivity index (χ1) is 21.8. The van der Waals surface area contributed by atoms with Gasteiger partial charge in [-0.05, 0) is 98.0 Å². The minimum absolute atomic E-state index is 0.0474. The van der Waals surface area contributed by atoms with E-state index in [0.29, 0.717) is 30.2 Å². The molecule has 2 heterocycles. The molecule has 47 heavy (non-hydrogen) atoms. The number of amides is 4. The van der Waals surface area contributed by atoms with Crippen LogP contribution in [-0.2, 0) is 29.0 Å². The van der Waals surface area contributed by atoms with E-state index in [1.54, 1.807) is 60.5 Å². The lowest BCUT2D eigenvalue weighted by atomic mass is 9.95. The van der Waals surface area contributed by atoms with E-state index >= 15 is 0 Å². The van der Waals surface area contributed by atoms with Crippen molar-refractivity contribution in [2.75, 3.05) is 37.8 Å². The lowest BCUT2D eigenvalue weighted by Crippen LogP contribution is -2.66. The van der Waals surface area contributed by atoms with Gasteiger partial charge in [-0.15, -0.1) is 11.3 Å². The zero-order valence-electron chi connectivity index (χ0n) is 29.1. The number of likely N-dealkylation sites (tertiary alicyclic amines) is 1. The standard InChI is InChI=1S/C33H51N7O6S/c1-21(41)34-28-36-25(26(47-28)20-38-18-16-23(17-19-38)27(42)37(8)9)15-12-22-10-13-24(14-11-22)35-29(39(30(43)44)32(2,3)4)40(31(45)46)33(5,6)7/h10-11,13-14,23,29,35H,12,15-20H2,1-9H3,(H,43,44)(H,45,46)(H,34,36,41). The summed E-state index contributed by atoms with van der Waals surface area (Å²) in [6.07, 6.45) is -0.741. The number of carbonyl (C=O) groups excluding carboxylic acids is 2. The Labute approximate surface area is 281 Å². The minimum Gasteiger partial charge on any atom is -0.465 e. The highest BCUT2D eigenvalue weighted by atomic mass is 32.1. The quantitative estimate of drug-likeness (QED) is 0.228. The first-order valence-electron chi connectivity index (χ1n) is 15.9. The topological polar surface area (TPSA) is 159 Å². The van der Waals surface area contributed by atoms with Crippen molar-refractivity contribution in [1.82, 2.24) is 24.6 Å². The van der Waals surface area contributed by atoms with Gasteiger partial charge in [-0.1, -0.05) is 12.1 Å². The maximum atomic E-state index is 12.4. The first kappa shape index (κ1) is 37.5. The van der Waals surface area contributed by atoms with Crippen LogP contribution < -0.4 is 10.6 Å². The van der Waals surface area contributed by atoms with Crippen LogP contribution in [0, 0.1) is 5.92 Å². The van der Waals surface area contributed by atoms with Crippen molar-refractivity contribution in [1.29, 1.82) is 0 Å². The molecule has 14 heteroatoms. The van der Waals surface area contributed by atoms with Gasteiger partial charge in [0, 0.05) is 55.1 Å². The molecule has 260 valence electrons. The van der Waals surface area contributed by atoms with Gasteiger partial charge < -0.3 is 25.7 Å². The molecular weight excluding hydrogens is 622 g/mol. The number of aromatic nitrogens is 1. The number of benzene rings is 1. The predicted octanol–water partition coefficient (Wildman–Crippen LogP) is 5.44. The van der Waals surface area contributed by atoms with E-state index in [4.69, 9.17) is 4.98 Å². The first-order valence-corrected chi connectivity index (χ1v) is 16.7. The van der Waals surface area contributed by atoms with Gasteiger partial charge >= 0.3 is 12.2 Å². The van der Waals surface area contributed by atoms with Gasteiger partial charge in [0.2, 0.25) is 11.8 Å². The summed E-state index contributed by atoms with van der Waals surface area (Å²) in [5, 5.41) is 26.8. The van der Waals surface area contributed by atoms with Crippen molar-refractivity contribution < 1.29 is 29.4 Å². The van der Waals surface area contributed by atoms with Crippen LogP contribution in [0.4, 0.5) is 20.4 Å². The Kier molecular flexibility index (Phi) is 12.2. The van der Waals surface area contributed by atoms with Crippen molar-refractivity contribution in [3.8, 4) is 0 Å². The van der Waals surface area contributed by atoms with Crippen LogP contribution in [0.3, 0.4) is 0 Å². The van der Waals surface area contributed by atoms with Crippen molar-refractivity contribution in [3.05, 3.63) is 40.4 Å². The molecule has 0 atom stereocenters. The molecule has 1 aliphatic heterocycles. The van der Waals surface area contributed by atoms with Crippen LogP contribution in [0.1, 0.15) is 77.4 Å². The number of hydrogen-bond acceptors (Lipinski definition) is 8. The second-order valence-electron chi connectivity index (χ2n) is 14.2. The molecule has 1 aliphatic rings. The molecule has 4 amide bonds. The molecule has 0 aliphatic carbocycles. The summed E-state index contributed by atoms with van der Waals surface area (Å²) >= 11 is 1.48. The fraction of sp³-hybridized carbons (Fsp3) is 0.606. The molecule has 0 saturated carbocycles. The summed E-state index contributed by atoms with van der Waals surface area (Å²) in [5.41, 5.74) is 0.708. The molecule has 0 unspecified atom stereocenters. The van der Waals surface area contributed by atoms with Gasteiger partial charge in [0.05, 0.1) is 5.69 Å². The molecule has 3 rings (SSSR count). The van der Waals surface area contributed by atoms with Crippen LogP contribution in [0.5, 0.6) is 0 Å². The van der Waals surface area contributed by atoms with Crippen LogP contribution in [-0.4, -0.2) is 103 Å². The minimum atomic E-state index is -1.24. The summed E-state index contributed by atoms with van der Waals surface area (Å²) in [6.45, 7) is 14.1. The molecular formula is C33H51N7O6S. The molecule has 1 aromatic heterocycles. The fourth-order valence-electron chi connectivity index (χ4n) is 5.75. The van der Waals surface area contributed by atoms with E-state index in [2.05, 4.69) is 15.5 Å². The third-order valence-corrected chi connectivity index (χ3v) is 9.05. The molecule has 1 saturated heterocycles. The molecule has 1 fully saturated rings. The lowest BCUT2D eigenvalue weighted by molar-refractivity contribution is -0.134. The average molecular weight is 674 g/mol. The van der Waals surface area contributed by atoms with Gasteiger partial charge in [0.1, 0.15) is 0 Å². The average Bonchev–Trinajstić information content (AvgIpc) is 3.30. The van der Waals surface area contributed by atoms with Crippen LogP contribution in [0.2, 0.25) is 0 Å². The Balaban J connectivity index is 1.77. The Morgan fingerprint density at radius 2 is 1.47 bits per heavy atom. The normalized spacial score (nSPS) is 14.5. The fourth-order valence-corrected chi connectivity index (χ4v) is 6.85. The summed E-state index contributed by atoms with van der Waals surface area (Å²) in [4.78, 5) is 61.0. The van der Waals surface area contributed by atoms with E-state index in [1.807, 2.05) is 24.3 Å². The van der Waals surface area contributed by atoms with Crippen LogP contribution in [0.25, 0.3) is 0 Å². The third kappa shape index (κ3) is 10.3. The van der Waals surface area contributed by atoms with Crippen molar-refractivity contribution >= 4 is 46.2 Å². The molecule has 13 nitrogen and oxygen atoms in total. The van der Waals surface area contributed by atoms with Crippen LogP contribution >= 0.6 is 11.3 Å². The van der Waals surface area contributed by atoms with Gasteiger partial charge in [0.15, 0.2) is 11.4 Å². The maximum absolute atomic E-state index is 12.4. The van der Waals surface area contributed by atoms with E-state index in [0.717, 1.165) is 51.9 Å². The van der Waals surface area contributed by atoms with Crippen LogP contribution in [0.15, 0.2) is 24.3 Å². The zero-order valence-corrected chi connectivity index (χ0v) is 29.9. The second kappa shape index (κ2) is 15.3. The third-order valence-electron chi connectivity index (χ3n) is 8.05. The number of aryl methyl sites for hydroxylation is 2. The number of thiazole rings is 1. The van der Waals surface area contributed by atoms with Crippen molar-refractivity contribution in [2.24, 2.45) is 5.92 Å². The number of carbonyl (C=O) groups is 4. The highest BCUT2D eigenvalue weighted by Gasteiger charge is 2.43. The highest BCUT2D eigenvalue weighted by molar-refractivity contribution is 7.15. The van der Waals surface area contributed by atoms with E-state index < -0.39 is 29.6 Å². The Hall–Kier alpha value is -3.91.